The highest BCUT2D eigenvalue weighted by Crippen LogP contribution is 2.48. The van der Waals surface area contributed by atoms with Crippen molar-refractivity contribution in [1.82, 2.24) is 19.4 Å². The normalized spacial score (nSPS) is 11.9. The first-order chi connectivity index (χ1) is 22.8. The van der Waals surface area contributed by atoms with Gasteiger partial charge in [0, 0.05) is 32.8 Å². The van der Waals surface area contributed by atoms with Crippen molar-refractivity contribution in [3.8, 4) is 45.4 Å². The van der Waals surface area contributed by atoms with Gasteiger partial charge >= 0.3 is 0 Å². The van der Waals surface area contributed by atoms with Crippen LogP contribution in [0, 0.1) is 0 Å². The van der Waals surface area contributed by atoms with Gasteiger partial charge in [0.1, 0.15) is 11.2 Å². The van der Waals surface area contributed by atoms with Gasteiger partial charge in [-0.3, -0.25) is 0 Å². The van der Waals surface area contributed by atoms with Crippen molar-refractivity contribution in [2.75, 3.05) is 0 Å². The topological polar surface area (TPSA) is 56.2 Å². The van der Waals surface area contributed by atoms with E-state index in [0.29, 0.717) is 17.5 Å². The predicted octanol–water partition coefficient (Wildman–Crippen LogP) is 10.4. The molecular formula is C41H24N4O. The molecule has 0 atom stereocenters. The molecule has 10 aromatic rings. The van der Waals surface area contributed by atoms with Gasteiger partial charge in [-0.25, -0.2) is 15.0 Å². The standard InChI is InChI=1S/C41H24N4O/c1-4-13-25(14-5-1)34-30-23-24-33-36-35-29(20-12-22-32(35)46-33)28-19-10-11-21-31(28)45(37(30)36)38(34)41-43-39(26-15-6-2-7-16-26)42-40(44-41)27-17-8-3-9-18-27/h1-24H. The fourth-order valence-electron chi connectivity index (χ4n) is 7.06. The van der Waals surface area contributed by atoms with Crippen molar-refractivity contribution >= 4 is 49.1 Å². The van der Waals surface area contributed by atoms with E-state index in [1.165, 1.54) is 0 Å². The Morgan fingerprint density at radius 1 is 0.413 bits per heavy atom. The number of nitrogens with zero attached hydrogens (tertiary/aromatic N) is 4. The molecule has 0 N–H and O–H groups in total. The molecule has 0 unspecified atom stereocenters. The third kappa shape index (κ3) is 3.54. The van der Waals surface area contributed by atoms with Crippen molar-refractivity contribution < 1.29 is 4.42 Å². The molecule has 214 valence electrons. The van der Waals surface area contributed by atoms with Crippen molar-refractivity contribution in [2.45, 2.75) is 0 Å². The van der Waals surface area contributed by atoms with Crippen LogP contribution in [0.4, 0.5) is 0 Å². The van der Waals surface area contributed by atoms with E-state index in [1.54, 1.807) is 0 Å². The zero-order valence-corrected chi connectivity index (χ0v) is 24.6. The van der Waals surface area contributed by atoms with Crippen LogP contribution < -0.4 is 0 Å². The van der Waals surface area contributed by atoms with E-state index in [1.807, 2.05) is 60.7 Å². The quantitative estimate of drug-likeness (QED) is 0.205. The summed E-state index contributed by atoms with van der Waals surface area (Å²) in [6.45, 7) is 0. The lowest BCUT2D eigenvalue weighted by Crippen LogP contribution is -2.02. The SMILES string of the molecule is c1ccc(-c2nc(-c3ccccc3)nc(-c3c(-c4ccccc4)c4ccc5oc6cccc7c8ccccc8n3c4c5c67)n2)cc1. The van der Waals surface area contributed by atoms with Crippen LogP contribution in [-0.4, -0.2) is 19.4 Å². The summed E-state index contributed by atoms with van der Waals surface area (Å²) in [6.07, 6.45) is 0. The molecule has 5 heteroatoms. The Morgan fingerprint density at radius 3 is 1.67 bits per heavy atom. The maximum Gasteiger partial charge on any atom is 0.181 e. The summed E-state index contributed by atoms with van der Waals surface area (Å²) in [5.74, 6) is 1.86. The third-order valence-electron chi connectivity index (χ3n) is 9.00. The van der Waals surface area contributed by atoms with E-state index in [-0.39, 0.29) is 0 Å². The molecular weight excluding hydrogens is 564 g/mol. The van der Waals surface area contributed by atoms with E-state index in [0.717, 1.165) is 77.1 Å². The molecule has 4 aromatic heterocycles. The minimum Gasteiger partial charge on any atom is -0.456 e. The Labute approximate surface area is 263 Å². The highest BCUT2D eigenvalue weighted by molar-refractivity contribution is 6.30. The number of fused-ring (bicyclic) bond motifs is 3. The Bertz CT molecular complexity index is 2670. The second-order valence-electron chi connectivity index (χ2n) is 11.6. The molecule has 0 amide bonds. The molecule has 0 fully saturated rings. The molecule has 46 heavy (non-hydrogen) atoms. The molecule has 0 aliphatic heterocycles. The zero-order valence-electron chi connectivity index (χ0n) is 24.6. The van der Waals surface area contributed by atoms with Gasteiger partial charge in [-0.05, 0) is 35.2 Å². The highest BCUT2D eigenvalue weighted by Gasteiger charge is 2.27. The summed E-state index contributed by atoms with van der Waals surface area (Å²) in [7, 11) is 0. The van der Waals surface area contributed by atoms with E-state index in [2.05, 4.69) is 89.3 Å². The zero-order chi connectivity index (χ0) is 30.2. The maximum atomic E-state index is 6.51. The number of furan rings is 1. The Morgan fingerprint density at radius 2 is 0.978 bits per heavy atom. The summed E-state index contributed by atoms with van der Waals surface area (Å²) >= 11 is 0. The molecule has 0 saturated heterocycles. The van der Waals surface area contributed by atoms with Crippen molar-refractivity contribution in [2.24, 2.45) is 0 Å². The molecule has 0 spiro atoms. The first-order valence-electron chi connectivity index (χ1n) is 15.4. The Kier molecular flexibility index (Phi) is 5.22. The molecule has 10 rings (SSSR count). The molecule has 0 aliphatic carbocycles. The summed E-state index contributed by atoms with van der Waals surface area (Å²) in [5, 5.41) is 5.63. The van der Waals surface area contributed by atoms with Gasteiger partial charge in [-0.2, -0.15) is 0 Å². The minimum atomic E-state index is 0.608. The third-order valence-corrected chi connectivity index (χ3v) is 9.00. The number of aromatic nitrogens is 4. The average Bonchev–Trinajstić information content (AvgIpc) is 3.65. The van der Waals surface area contributed by atoms with Gasteiger partial charge in [0.05, 0.1) is 22.1 Å². The predicted molar refractivity (Wildman–Crippen MR) is 186 cm³/mol. The molecule has 4 heterocycles. The Hall–Kier alpha value is -6.33. The number of benzene rings is 6. The molecule has 0 saturated carbocycles. The fourth-order valence-corrected chi connectivity index (χ4v) is 7.06. The van der Waals surface area contributed by atoms with E-state index in [9.17, 15) is 0 Å². The van der Waals surface area contributed by atoms with Crippen LogP contribution in [0.5, 0.6) is 0 Å². The van der Waals surface area contributed by atoms with E-state index < -0.39 is 0 Å². The summed E-state index contributed by atoms with van der Waals surface area (Å²) in [6, 6.07) is 50.1. The van der Waals surface area contributed by atoms with Crippen molar-refractivity contribution in [3.05, 3.63) is 146 Å². The smallest absolute Gasteiger partial charge is 0.181 e. The average molecular weight is 589 g/mol. The van der Waals surface area contributed by atoms with Crippen LogP contribution in [0.15, 0.2) is 150 Å². The lowest BCUT2D eigenvalue weighted by atomic mass is 9.99. The lowest BCUT2D eigenvalue weighted by molar-refractivity contribution is 0.669. The first-order valence-corrected chi connectivity index (χ1v) is 15.4. The molecule has 0 radical (unpaired) electrons. The van der Waals surface area contributed by atoms with Gasteiger partial charge < -0.3 is 8.82 Å². The fraction of sp³-hybridized carbons (Fsp3) is 0. The van der Waals surface area contributed by atoms with Crippen LogP contribution in [-0.2, 0) is 0 Å². The molecule has 6 aromatic carbocycles. The molecule has 5 nitrogen and oxygen atoms in total. The summed E-state index contributed by atoms with van der Waals surface area (Å²) < 4.78 is 8.87. The van der Waals surface area contributed by atoms with Gasteiger partial charge in [-0.15, -0.1) is 0 Å². The van der Waals surface area contributed by atoms with E-state index >= 15 is 0 Å². The van der Waals surface area contributed by atoms with Crippen molar-refractivity contribution in [3.63, 3.8) is 0 Å². The van der Waals surface area contributed by atoms with Crippen LogP contribution in [0.25, 0.3) is 94.6 Å². The van der Waals surface area contributed by atoms with Crippen LogP contribution in [0.1, 0.15) is 0 Å². The summed E-state index contributed by atoms with van der Waals surface area (Å²) in [5.41, 5.74) is 8.85. The number of hydrogen-bond acceptors (Lipinski definition) is 4. The van der Waals surface area contributed by atoms with Gasteiger partial charge in [0.25, 0.3) is 0 Å². The van der Waals surface area contributed by atoms with Crippen molar-refractivity contribution in [1.29, 1.82) is 0 Å². The largest absolute Gasteiger partial charge is 0.456 e. The Balaban J connectivity index is 1.47. The highest BCUT2D eigenvalue weighted by atomic mass is 16.3. The first kappa shape index (κ1) is 25.0. The second-order valence-corrected chi connectivity index (χ2v) is 11.6. The maximum absolute atomic E-state index is 6.51. The number of rotatable bonds is 4. The van der Waals surface area contributed by atoms with E-state index in [4.69, 9.17) is 19.4 Å². The van der Waals surface area contributed by atoms with Gasteiger partial charge in [0.15, 0.2) is 17.5 Å². The van der Waals surface area contributed by atoms with Gasteiger partial charge in [0.2, 0.25) is 0 Å². The summed E-state index contributed by atoms with van der Waals surface area (Å²) in [4.78, 5) is 15.5. The minimum absolute atomic E-state index is 0.608. The van der Waals surface area contributed by atoms with Crippen LogP contribution >= 0.6 is 0 Å². The second kappa shape index (κ2) is 9.58. The van der Waals surface area contributed by atoms with Crippen LogP contribution in [0.2, 0.25) is 0 Å². The number of para-hydroxylation sites is 1. The number of hydrogen-bond donors (Lipinski definition) is 0. The monoisotopic (exact) mass is 588 g/mol. The lowest BCUT2D eigenvalue weighted by Gasteiger charge is -2.11. The molecule has 0 bridgehead atoms. The van der Waals surface area contributed by atoms with Crippen LogP contribution in [0.3, 0.4) is 0 Å². The molecule has 0 aliphatic rings. The van der Waals surface area contributed by atoms with Gasteiger partial charge in [-0.1, -0.05) is 121 Å².